The highest BCUT2D eigenvalue weighted by Crippen LogP contribution is 2.13. The monoisotopic (exact) mass is 324 g/mol. The predicted molar refractivity (Wildman–Crippen MR) is 85.8 cm³/mol. The Kier molecular flexibility index (Phi) is 5.67. The Hall–Kier alpha value is -1.50. The highest BCUT2D eigenvalue weighted by atomic mass is 35.5. The summed E-state index contributed by atoms with van der Waals surface area (Å²) in [4.78, 5) is 13.9. The molecule has 1 heterocycles. The van der Waals surface area contributed by atoms with Gasteiger partial charge in [-0.2, -0.15) is 0 Å². The lowest BCUT2D eigenvalue weighted by Gasteiger charge is -2.24. The normalized spacial score (nSPS) is 12.4. The molecule has 0 saturated carbocycles. The van der Waals surface area contributed by atoms with E-state index in [2.05, 4.69) is 22.4 Å². The largest absolute Gasteiger partial charge is 0.299 e. The smallest absolute Gasteiger partial charge is 0.240 e. The Labute approximate surface area is 133 Å². The van der Waals surface area contributed by atoms with Crippen LogP contribution in [0.1, 0.15) is 12.5 Å². The van der Waals surface area contributed by atoms with Gasteiger partial charge in [0.05, 0.1) is 6.54 Å². The van der Waals surface area contributed by atoms with E-state index < -0.39 is 0 Å². The first-order valence-corrected chi connectivity index (χ1v) is 7.81. The average molecular weight is 325 g/mol. The molecule has 7 heteroatoms. The highest BCUT2D eigenvalue weighted by Gasteiger charge is 2.14. The second-order valence-corrected chi connectivity index (χ2v) is 6.16. The van der Waals surface area contributed by atoms with Gasteiger partial charge in [-0.1, -0.05) is 35.1 Å². The zero-order chi connectivity index (χ0) is 15.2. The Bertz CT molecular complexity index is 573. The van der Waals surface area contributed by atoms with Crippen molar-refractivity contribution in [2.24, 2.45) is 0 Å². The van der Waals surface area contributed by atoms with Crippen LogP contribution in [0.3, 0.4) is 0 Å². The Morgan fingerprint density at radius 1 is 1.43 bits per heavy atom. The van der Waals surface area contributed by atoms with Crippen LogP contribution in [0.4, 0.5) is 5.13 Å². The molecule has 0 aliphatic rings. The van der Waals surface area contributed by atoms with Crippen LogP contribution < -0.4 is 5.32 Å². The van der Waals surface area contributed by atoms with Crippen LogP contribution in [0.25, 0.3) is 0 Å². The molecule has 2 aromatic rings. The number of benzene rings is 1. The molecular weight excluding hydrogens is 308 g/mol. The number of amides is 1. The second kappa shape index (κ2) is 7.49. The molecule has 0 spiro atoms. The van der Waals surface area contributed by atoms with Crippen molar-refractivity contribution in [3.05, 3.63) is 40.4 Å². The topological polar surface area (TPSA) is 58.1 Å². The molecule has 0 fully saturated rings. The Morgan fingerprint density at radius 3 is 2.76 bits per heavy atom. The summed E-state index contributed by atoms with van der Waals surface area (Å²) >= 11 is 7.18. The van der Waals surface area contributed by atoms with Crippen LogP contribution in [0.5, 0.6) is 0 Å². The number of nitrogens with zero attached hydrogens (tertiary/aromatic N) is 3. The molecule has 0 aliphatic carbocycles. The van der Waals surface area contributed by atoms with Gasteiger partial charge in [0, 0.05) is 11.1 Å². The zero-order valence-electron chi connectivity index (χ0n) is 11.9. The third kappa shape index (κ3) is 5.08. The number of hydrogen-bond donors (Lipinski definition) is 1. The molecule has 2 rings (SSSR count). The molecule has 0 unspecified atom stereocenters. The van der Waals surface area contributed by atoms with Crippen LogP contribution in [0, 0.1) is 0 Å². The van der Waals surface area contributed by atoms with Gasteiger partial charge in [0.25, 0.3) is 0 Å². The van der Waals surface area contributed by atoms with Gasteiger partial charge < -0.3 is 0 Å². The fourth-order valence-electron chi connectivity index (χ4n) is 1.89. The van der Waals surface area contributed by atoms with Crippen LogP contribution in [-0.2, 0) is 11.2 Å². The number of aromatic nitrogens is 2. The summed E-state index contributed by atoms with van der Waals surface area (Å²) in [5.74, 6) is -0.0859. The van der Waals surface area contributed by atoms with E-state index in [1.165, 1.54) is 16.9 Å². The standard InChI is InChI=1S/C14H17ClN4OS/c1-10(7-11-3-5-12(15)6-4-11)19(2)8-13(20)17-14-18-16-9-21-14/h3-6,9-10H,7-8H2,1-2H3,(H,17,18,20)/t10-/m1/s1. The first-order valence-electron chi connectivity index (χ1n) is 6.55. The summed E-state index contributed by atoms with van der Waals surface area (Å²) in [6, 6.07) is 8.02. The maximum atomic E-state index is 11.9. The minimum atomic E-state index is -0.0859. The molecule has 1 atom stereocenters. The zero-order valence-corrected chi connectivity index (χ0v) is 13.5. The van der Waals surface area contributed by atoms with E-state index in [1.807, 2.05) is 36.2 Å². The molecule has 0 bridgehead atoms. The van der Waals surface area contributed by atoms with Crippen LogP contribution in [-0.4, -0.2) is 40.6 Å². The van der Waals surface area contributed by atoms with Gasteiger partial charge in [0.15, 0.2) is 0 Å². The van der Waals surface area contributed by atoms with Gasteiger partial charge in [0.1, 0.15) is 5.51 Å². The molecule has 1 amide bonds. The second-order valence-electron chi connectivity index (χ2n) is 4.89. The maximum Gasteiger partial charge on any atom is 0.240 e. The van der Waals surface area contributed by atoms with Crippen molar-refractivity contribution in [2.45, 2.75) is 19.4 Å². The van der Waals surface area contributed by atoms with Gasteiger partial charge in [-0.25, -0.2) is 0 Å². The quantitative estimate of drug-likeness (QED) is 0.887. The van der Waals surface area contributed by atoms with E-state index >= 15 is 0 Å². The van der Waals surface area contributed by atoms with E-state index in [9.17, 15) is 4.79 Å². The number of rotatable bonds is 6. The van der Waals surface area contributed by atoms with E-state index in [0.29, 0.717) is 11.7 Å². The SMILES string of the molecule is C[C@H](Cc1ccc(Cl)cc1)N(C)CC(=O)Nc1nncs1. The minimum Gasteiger partial charge on any atom is -0.299 e. The maximum absolute atomic E-state index is 11.9. The van der Waals surface area contributed by atoms with Crippen LogP contribution >= 0.6 is 22.9 Å². The lowest BCUT2D eigenvalue weighted by atomic mass is 10.1. The molecule has 112 valence electrons. The van der Waals surface area contributed by atoms with Crippen LogP contribution in [0.15, 0.2) is 29.8 Å². The molecule has 1 aromatic carbocycles. The van der Waals surface area contributed by atoms with Crippen molar-refractivity contribution in [1.29, 1.82) is 0 Å². The number of halogens is 1. The van der Waals surface area contributed by atoms with E-state index in [0.717, 1.165) is 11.4 Å². The van der Waals surface area contributed by atoms with Gasteiger partial charge in [0.2, 0.25) is 11.0 Å². The van der Waals surface area contributed by atoms with E-state index in [1.54, 1.807) is 5.51 Å². The van der Waals surface area contributed by atoms with Crippen molar-refractivity contribution in [2.75, 3.05) is 18.9 Å². The average Bonchev–Trinajstić information content (AvgIpc) is 2.94. The number of carbonyl (C=O) groups is 1. The number of hydrogen-bond acceptors (Lipinski definition) is 5. The number of carbonyl (C=O) groups excluding carboxylic acids is 1. The first kappa shape index (κ1) is 15.9. The van der Waals surface area contributed by atoms with Crippen LogP contribution in [0.2, 0.25) is 5.02 Å². The molecule has 0 radical (unpaired) electrons. The van der Waals surface area contributed by atoms with Crippen molar-refractivity contribution in [3.8, 4) is 0 Å². The lowest BCUT2D eigenvalue weighted by Crippen LogP contribution is -2.37. The molecule has 21 heavy (non-hydrogen) atoms. The fraction of sp³-hybridized carbons (Fsp3) is 0.357. The number of nitrogens with one attached hydrogen (secondary N) is 1. The summed E-state index contributed by atoms with van der Waals surface area (Å²) in [5, 5.41) is 11.5. The first-order chi connectivity index (χ1) is 10.0. The van der Waals surface area contributed by atoms with Gasteiger partial charge in [-0.3, -0.25) is 15.0 Å². The molecule has 0 aliphatic heterocycles. The predicted octanol–water partition coefficient (Wildman–Crippen LogP) is 2.69. The summed E-state index contributed by atoms with van der Waals surface area (Å²) in [5.41, 5.74) is 2.78. The third-order valence-electron chi connectivity index (χ3n) is 3.20. The van der Waals surface area contributed by atoms with E-state index in [4.69, 9.17) is 11.6 Å². The number of likely N-dealkylation sites (N-methyl/N-ethyl adjacent to an activating group) is 1. The summed E-state index contributed by atoms with van der Waals surface area (Å²) in [7, 11) is 1.93. The lowest BCUT2D eigenvalue weighted by molar-refractivity contribution is -0.117. The highest BCUT2D eigenvalue weighted by molar-refractivity contribution is 7.13. The van der Waals surface area contributed by atoms with E-state index in [-0.39, 0.29) is 11.9 Å². The molecule has 5 nitrogen and oxygen atoms in total. The summed E-state index contributed by atoms with van der Waals surface area (Å²) in [6.07, 6.45) is 0.861. The minimum absolute atomic E-state index is 0.0859. The van der Waals surface area contributed by atoms with Crippen molar-refractivity contribution in [3.63, 3.8) is 0 Å². The van der Waals surface area contributed by atoms with Crippen molar-refractivity contribution < 1.29 is 4.79 Å². The van der Waals surface area contributed by atoms with Gasteiger partial charge >= 0.3 is 0 Å². The fourth-order valence-corrected chi connectivity index (χ4v) is 2.47. The molecular formula is C14H17ClN4OS. The van der Waals surface area contributed by atoms with Gasteiger partial charge in [-0.05, 0) is 38.1 Å². The molecule has 1 N–H and O–H groups in total. The van der Waals surface area contributed by atoms with Gasteiger partial charge in [-0.15, -0.1) is 10.2 Å². The van der Waals surface area contributed by atoms with Crippen molar-refractivity contribution >= 4 is 34.0 Å². The summed E-state index contributed by atoms with van der Waals surface area (Å²) < 4.78 is 0. The third-order valence-corrected chi connectivity index (χ3v) is 4.05. The Balaban J connectivity index is 1.82. The Morgan fingerprint density at radius 2 is 2.14 bits per heavy atom. The molecule has 0 saturated heterocycles. The van der Waals surface area contributed by atoms with Crippen molar-refractivity contribution in [1.82, 2.24) is 15.1 Å². The number of anilines is 1. The summed E-state index contributed by atoms with van der Waals surface area (Å²) in [6.45, 7) is 2.40. The molecule has 1 aromatic heterocycles.